The van der Waals surface area contributed by atoms with E-state index in [9.17, 15) is 19.3 Å². The van der Waals surface area contributed by atoms with Gasteiger partial charge in [-0.25, -0.2) is 0 Å². The van der Waals surface area contributed by atoms with Crippen LogP contribution in [-0.4, -0.2) is 17.3 Å². The van der Waals surface area contributed by atoms with Crippen LogP contribution in [0.15, 0.2) is 18.2 Å². The molecule has 0 aliphatic carbocycles. The van der Waals surface area contributed by atoms with E-state index in [1.165, 1.54) is 6.07 Å². The summed E-state index contributed by atoms with van der Waals surface area (Å²) >= 11 is 0. The molecule has 0 radical (unpaired) electrons. The van der Waals surface area contributed by atoms with Crippen molar-refractivity contribution in [3.63, 3.8) is 0 Å². The fraction of sp³-hybridized carbons (Fsp3) is 0.417. The second kappa shape index (κ2) is 6.09. The molecule has 5 nitrogen and oxygen atoms in total. The standard InChI is InChI=1S/C12H14FNO4/c1-3-8(2)12(15)7-18-9-4-5-11(14(16)17)10(13)6-9/h4-6,8H,3,7H2,1-2H3. The number of nitro benzene ring substituents is 1. The molecule has 0 aromatic heterocycles. The molecule has 0 N–H and O–H groups in total. The highest BCUT2D eigenvalue weighted by molar-refractivity contribution is 5.82. The summed E-state index contributed by atoms with van der Waals surface area (Å²) < 4.78 is 18.3. The number of carbonyl (C=O) groups excluding carboxylic acids is 1. The molecule has 1 aromatic carbocycles. The zero-order valence-electron chi connectivity index (χ0n) is 10.2. The first-order valence-electron chi connectivity index (χ1n) is 5.55. The van der Waals surface area contributed by atoms with Gasteiger partial charge >= 0.3 is 5.69 Å². The molecule has 0 fully saturated rings. The van der Waals surface area contributed by atoms with Crippen LogP contribution in [0, 0.1) is 21.8 Å². The van der Waals surface area contributed by atoms with Crippen LogP contribution in [0.5, 0.6) is 5.75 Å². The van der Waals surface area contributed by atoms with Crippen molar-refractivity contribution in [3.05, 3.63) is 34.1 Å². The fourth-order valence-corrected chi connectivity index (χ4v) is 1.25. The summed E-state index contributed by atoms with van der Waals surface area (Å²) in [4.78, 5) is 21.1. The minimum Gasteiger partial charge on any atom is -0.486 e. The number of nitrogens with zero attached hydrogens (tertiary/aromatic N) is 1. The molecule has 0 bridgehead atoms. The second-order valence-electron chi connectivity index (χ2n) is 3.93. The minimum absolute atomic E-state index is 0.0868. The van der Waals surface area contributed by atoms with Gasteiger partial charge in [-0.3, -0.25) is 14.9 Å². The number of carbonyl (C=O) groups is 1. The molecule has 6 heteroatoms. The highest BCUT2D eigenvalue weighted by Gasteiger charge is 2.15. The predicted octanol–water partition coefficient (Wildman–Crippen LogP) is 2.73. The first-order valence-corrected chi connectivity index (χ1v) is 5.55. The van der Waals surface area contributed by atoms with Crippen LogP contribution >= 0.6 is 0 Å². The Balaban J connectivity index is 2.67. The van der Waals surface area contributed by atoms with E-state index < -0.39 is 16.4 Å². The van der Waals surface area contributed by atoms with Crippen molar-refractivity contribution in [1.82, 2.24) is 0 Å². The van der Waals surface area contributed by atoms with Gasteiger partial charge in [0.05, 0.1) is 4.92 Å². The van der Waals surface area contributed by atoms with Gasteiger partial charge in [-0.1, -0.05) is 13.8 Å². The van der Waals surface area contributed by atoms with Crippen LogP contribution in [0.1, 0.15) is 20.3 Å². The topological polar surface area (TPSA) is 69.4 Å². The highest BCUT2D eigenvalue weighted by atomic mass is 19.1. The van der Waals surface area contributed by atoms with E-state index in [4.69, 9.17) is 4.74 Å². The number of halogens is 1. The van der Waals surface area contributed by atoms with E-state index in [0.717, 1.165) is 12.1 Å². The summed E-state index contributed by atoms with van der Waals surface area (Å²) in [6.45, 7) is 3.50. The molecular weight excluding hydrogens is 241 g/mol. The zero-order chi connectivity index (χ0) is 13.7. The van der Waals surface area contributed by atoms with Crippen LogP contribution in [0.4, 0.5) is 10.1 Å². The Hall–Kier alpha value is -1.98. The third kappa shape index (κ3) is 3.51. The van der Waals surface area contributed by atoms with Crippen LogP contribution in [0.3, 0.4) is 0 Å². The van der Waals surface area contributed by atoms with Crippen molar-refractivity contribution in [2.45, 2.75) is 20.3 Å². The Labute approximate surface area is 104 Å². The number of nitro groups is 1. The summed E-state index contributed by atoms with van der Waals surface area (Å²) in [6.07, 6.45) is 0.705. The molecule has 1 aromatic rings. The van der Waals surface area contributed by atoms with Crippen LogP contribution < -0.4 is 4.74 Å². The van der Waals surface area contributed by atoms with Gasteiger partial charge in [-0.2, -0.15) is 4.39 Å². The summed E-state index contributed by atoms with van der Waals surface area (Å²) in [5, 5.41) is 10.4. The third-order valence-corrected chi connectivity index (χ3v) is 2.66. The van der Waals surface area contributed by atoms with E-state index in [1.807, 2.05) is 6.92 Å². The van der Waals surface area contributed by atoms with Crippen molar-refractivity contribution in [1.29, 1.82) is 0 Å². The lowest BCUT2D eigenvalue weighted by Gasteiger charge is -2.09. The van der Waals surface area contributed by atoms with Crippen molar-refractivity contribution >= 4 is 11.5 Å². The van der Waals surface area contributed by atoms with Crippen molar-refractivity contribution in [2.24, 2.45) is 5.92 Å². The zero-order valence-corrected chi connectivity index (χ0v) is 10.2. The minimum atomic E-state index is -0.978. The third-order valence-electron chi connectivity index (χ3n) is 2.66. The van der Waals surface area contributed by atoms with Crippen LogP contribution in [-0.2, 0) is 4.79 Å². The average molecular weight is 255 g/mol. The second-order valence-corrected chi connectivity index (χ2v) is 3.93. The fourth-order valence-electron chi connectivity index (χ4n) is 1.25. The van der Waals surface area contributed by atoms with Crippen LogP contribution in [0.25, 0.3) is 0 Å². The van der Waals surface area contributed by atoms with Gasteiger partial charge in [0.15, 0.2) is 5.78 Å². The normalized spacial score (nSPS) is 11.9. The lowest BCUT2D eigenvalue weighted by Crippen LogP contribution is -2.18. The molecule has 0 aliphatic rings. The molecule has 98 valence electrons. The quantitative estimate of drug-likeness (QED) is 0.579. The van der Waals surface area contributed by atoms with E-state index >= 15 is 0 Å². The maximum Gasteiger partial charge on any atom is 0.305 e. The summed E-state index contributed by atoms with van der Waals surface area (Å²) in [5.74, 6) is -1.08. The Morgan fingerprint density at radius 3 is 2.72 bits per heavy atom. The first-order chi connectivity index (χ1) is 8.45. The molecule has 0 amide bonds. The number of hydrogen-bond donors (Lipinski definition) is 0. The van der Waals surface area contributed by atoms with Gasteiger partial charge in [-0.15, -0.1) is 0 Å². The molecule has 0 saturated carbocycles. The van der Waals surface area contributed by atoms with Gasteiger partial charge in [0.1, 0.15) is 12.4 Å². The number of ether oxygens (including phenoxy) is 1. The molecule has 0 aliphatic heterocycles. The Kier molecular flexibility index (Phi) is 4.76. The number of benzene rings is 1. The summed E-state index contributed by atoms with van der Waals surface area (Å²) in [7, 11) is 0. The van der Waals surface area contributed by atoms with E-state index in [0.29, 0.717) is 6.42 Å². The molecular formula is C12H14FNO4. The molecule has 18 heavy (non-hydrogen) atoms. The lowest BCUT2D eigenvalue weighted by molar-refractivity contribution is -0.387. The summed E-state index contributed by atoms with van der Waals surface area (Å²) in [6, 6.07) is 3.19. The average Bonchev–Trinajstić information content (AvgIpc) is 2.34. The Morgan fingerprint density at radius 1 is 1.56 bits per heavy atom. The molecule has 0 saturated heterocycles. The van der Waals surface area contributed by atoms with Gasteiger partial charge in [0.25, 0.3) is 0 Å². The molecule has 1 unspecified atom stereocenters. The highest BCUT2D eigenvalue weighted by Crippen LogP contribution is 2.22. The number of rotatable bonds is 6. The van der Waals surface area contributed by atoms with Gasteiger partial charge in [-0.05, 0) is 12.5 Å². The Bertz CT molecular complexity index is 461. The smallest absolute Gasteiger partial charge is 0.305 e. The van der Waals surface area contributed by atoms with Gasteiger partial charge < -0.3 is 4.74 Å². The molecule has 1 rings (SSSR count). The molecule has 1 atom stereocenters. The van der Waals surface area contributed by atoms with Crippen LogP contribution in [0.2, 0.25) is 0 Å². The van der Waals surface area contributed by atoms with Gasteiger partial charge in [0.2, 0.25) is 5.82 Å². The van der Waals surface area contributed by atoms with E-state index in [-0.39, 0.29) is 24.1 Å². The number of hydrogen-bond acceptors (Lipinski definition) is 4. The van der Waals surface area contributed by atoms with Crippen molar-refractivity contribution in [3.8, 4) is 5.75 Å². The maximum absolute atomic E-state index is 13.2. The monoisotopic (exact) mass is 255 g/mol. The van der Waals surface area contributed by atoms with E-state index in [1.54, 1.807) is 6.92 Å². The number of ketones is 1. The Morgan fingerprint density at radius 2 is 2.22 bits per heavy atom. The molecule has 0 spiro atoms. The first kappa shape index (κ1) is 14.1. The predicted molar refractivity (Wildman–Crippen MR) is 63.0 cm³/mol. The summed E-state index contributed by atoms with van der Waals surface area (Å²) in [5.41, 5.74) is -0.615. The largest absolute Gasteiger partial charge is 0.486 e. The number of Topliss-reactive ketones (excluding diaryl/α,β-unsaturated/α-hetero) is 1. The van der Waals surface area contributed by atoms with E-state index in [2.05, 4.69) is 0 Å². The van der Waals surface area contributed by atoms with Crippen molar-refractivity contribution in [2.75, 3.05) is 6.61 Å². The molecule has 0 heterocycles. The maximum atomic E-state index is 13.2. The van der Waals surface area contributed by atoms with Gasteiger partial charge in [0, 0.05) is 18.1 Å². The SMILES string of the molecule is CCC(C)C(=O)COc1ccc([N+](=O)[O-])c(F)c1. The van der Waals surface area contributed by atoms with Crippen molar-refractivity contribution < 1.29 is 18.8 Å². The lowest BCUT2D eigenvalue weighted by atomic mass is 10.1.